The number of aromatic amines is 1. The first-order valence-corrected chi connectivity index (χ1v) is 9.58. The molecule has 0 radical (unpaired) electrons. The summed E-state index contributed by atoms with van der Waals surface area (Å²) < 4.78 is 0. The van der Waals surface area contributed by atoms with Crippen LogP contribution in [-0.4, -0.2) is 39.3 Å². The lowest BCUT2D eigenvalue weighted by atomic mass is 10.1. The molecule has 1 fully saturated rings. The van der Waals surface area contributed by atoms with Crippen molar-refractivity contribution in [1.29, 1.82) is 0 Å². The third kappa shape index (κ3) is 3.63. The third-order valence-corrected chi connectivity index (χ3v) is 5.46. The average molecular weight is 376 g/mol. The highest BCUT2D eigenvalue weighted by Gasteiger charge is 2.26. The van der Waals surface area contributed by atoms with Gasteiger partial charge in [-0.25, -0.2) is 0 Å². The maximum atomic E-state index is 13.4. The molecule has 4 rings (SSSR count). The summed E-state index contributed by atoms with van der Waals surface area (Å²) in [6.07, 6.45) is 4.77. The van der Waals surface area contributed by atoms with Gasteiger partial charge in [0.15, 0.2) is 0 Å². The van der Waals surface area contributed by atoms with Crippen molar-refractivity contribution in [3.05, 3.63) is 65.1 Å². The van der Waals surface area contributed by atoms with Crippen LogP contribution in [0.2, 0.25) is 0 Å². The van der Waals surface area contributed by atoms with Crippen molar-refractivity contribution < 1.29 is 9.59 Å². The number of amides is 2. The summed E-state index contributed by atoms with van der Waals surface area (Å²) in [6.45, 7) is 5.04. The van der Waals surface area contributed by atoms with Crippen molar-refractivity contribution in [2.45, 2.75) is 39.3 Å². The second kappa shape index (κ2) is 7.46. The highest BCUT2D eigenvalue weighted by Crippen LogP contribution is 2.24. The molecule has 3 aromatic rings. The van der Waals surface area contributed by atoms with Gasteiger partial charge in [0, 0.05) is 60.1 Å². The summed E-state index contributed by atoms with van der Waals surface area (Å²) in [5, 5.41) is 4.03. The van der Waals surface area contributed by atoms with E-state index in [1.54, 1.807) is 12.4 Å². The van der Waals surface area contributed by atoms with Crippen LogP contribution < -0.4 is 5.32 Å². The number of carbonyl (C=O) groups excluding carboxylic acids is 2. The summed E-state index contributed by atoms with van der Waals surface area (Å²) in [6, 6.07) is 9.61. The van der Waals surface area contributed by atoms with E-state index in [9.17, 15) is 9.59 Å². The molecule has 6 heteroatoms. The molecule has 1 saturated heterocycles. The fourth-order valence-corrected chi connectivity index (χ4v) is 3.79. The molecule has 2 aromatic heterocycles. The second-order valence-corrected chi connectivity index (χ2v) is 7.49. The minimum Gasteiger partial charge on any atom is -0.358 e. The van der Waals surface area contributed by atoms with Crippen LogP contribution >= 0.6 is 0 Å². The smallest absolute Gasteiger partial charge is 0.254 e. The number of carbonyl (C=O) groups is 2. The van der Waals surface area contributed by atoms with Crippen molar-refractivity contribution in [1.82, 2.24) is 20.2 Å². The number of aromatic nitrogens is 2. The van der Waals surface area contributed by atoms with Crippen LogP contribution in [0.3, 0.4) is 0 Å². The Bertz CT molecular complexity index is 1030. The number of aryl methyl sites for hydroxylation is 2. The Morgan fingerprint density at radius 3 is 2.86 bits per heavy atom. The van der Waals surface area contributed by atoms with E-state index in [4.69, 9.17) is 0 Å². The minimum atomic E-state index is -0.0369. The molecule has 0 saturated carbocycles. The monoisotopic (exact) mass is 376 g/mol. The zero-order chi connectivity index (χ0) is 19.7. The van der Waals surface area contributed by atoms with E-state index in [0.717, 1.165) is 34.1 Å². The molecular weight excluding hydrogens is 352 g/mol. The molecule has 1 atom stereocenters. The zero-order valence-corrected chi connectivity index (χ0v) is 16.2. The van der Waals surface area contributed by atoms with E-state index in [-0.39, 0.29) is 17.9 Å². The van der Waals surface area contributed by atoms with Gasteiger partial charge in [0.2, 0.25) is 5.91 Å². The summed E-state index contributed by atoms with van der Waals surface area (Å²) >= 11 is 0. The summed E-state index contributed by atoms with van der Waals surface area (Å²) in [5.74, 6) is 0.0174. The molecule has 0 spiro atoms. The Morgan fingerprint density at radius 1 is 1.29 bits per heavy atom. The number of hydrogen-bond donors (Lipinski definition) is 2. The van der Waals surface area contributed by atoms with Gasteiger partial charge in [0.1, 0.15) is 0 Å². The topological polar surface area (TPSA) is 78.1 Å². The Morgan fingerprint density at radius 2 is 2.14 bits per heavy atom. The Labute approximate surface area is 164 Å². The predicted molar refractivity (Wildman–Crippen MR) is 108 cm³/mol. The number of pyridine rings is 1. The maximum Gasteiger partial charge on any atom is 0.254 e. The SMILES string of the molecule is Cc1[nH]c2ccc(C(=O)N(Cc3cccnc3)C[C@@H]3CCC(=O)N3)cc2c1C. The summed E-state index contributed by atoms with van der Waals surface area (Å²) in [7, 11) is 0. The molecule has 1 aliphatic rings. The van der Waals surface area contributed by atoms with E-state index >= 15 is 0 Å². The number of H-pyrrole nitrogens is 1. The van der Waals surface area contributed by atoms with Crippen LogP contribution in [0.15, 0.2) is 42.7 Å². The second-order valence-electron chi connectivity index (χ2n) is 7.49. The fraction of sp³-hybridized carbons (Fsp3) is 0.318. The van der Waals surface area contributed by atoms with Gasteiger partial charge in [0.05, 0.1) is 0 Å². The van der Waals surface area contributed by atoms with Gasteiger partial charge in [0.25, 0.3) is 5.91 Å². The average Bonchev–Trinajstić information content (AvgIpc) is 3.24. The van der Waals surface area contributed by atoms with Crippen molar-refractivity contribution in [3.8, 4) is 0 Å². The van der Waals surface area contributed by atoms with Crippen LogP contribution in [-0.2, 0) is 11.3 Å². The van der Waals surface area contributed by atoms with Crippen LogP contribution in [0, 0.1) is 13.8 Å². The molecule has 2 N–H and O–H groups in total. The molecule has 0 aliphatic carbocycles. The van der Waals surface area contributed by atoms with Crippen molar-refractivity contribution in [2.24, 2.45) is 0 Å². The standard InChI is InChI=1S/C22H24N4O2/c1-14-15(2)24-20-7-5-17(10-19(14)20)22(28)26(12-16-4-3-9-23-11-16)13-18-6-8-21(27)25-18/h3-5,7,9-11,18,24H,6,8,12-13H2,1-2H3,(H,25,27)/t18-/m0/s1. The molecule has 144 valence electrons. The van der Waals surface area contributed by atoms with Crippen molar-refractivity contribution in [2.75, 3.05) is 6.54 Å². The quantitative estimate of drug-likeness (QED) is 0.718. The van der Waals surface area contributed by atoms with E-state index in [0.29, 0.717) is 25.1 Å². The molecule has 6 nitrogen and oxygen atoms in total. The number of benzene rings is 1. The molecule has 0 bridgehead atoms. The normalized spacial score (nSPS) is 16.4. The molecule has 1 aromatic carbocycles. The highest BCUT2D eigenvalue weighted by molar-refractivity contribution is 5.99. The number of hydrogen-bond acceptors (Lipinski definition) is 3. The zero-order valence-electron chi connectivity index (χ0n) is 16.2. The van der Waals surface area contributed by atoms with Gasteiger partial charge in [-0.3, -0.25) is 14.6 Å². The van der Waals surface area contributed by atoms with Gasteiger partial charge in [-0.2, -0.15) is 0 Å². The first kappa shape index (κ1) is 18.2. The summed E-state index contributed by atoms with van der Waals surface area (Å²) in [5.41, 5.74) is 4.93. The molecule has 1 aliphatic heterocycles. The van der Waals surface area contributed by atoms with E-state index in [2.05, 4.69) is 22.2 Å². The summed E-state index contributed by atoms with van der Waals surface area (Å²) in [4.78, 5) is 34.3. The first-order valence-electron chi connectivity index (χ1n) is 9.58. The van der Waals surface area contributed by atoms with Gasteiger partial charge < -0.3 is 15.2 Å². The molecular formula is C22H24N4O2. The first-order chi connectivity index (χ1) is 13.5. The number of nitrogens with one attached hydrogen (secondary N) is 2. The number of nitrogens with zero attached hydrogens (tertiary/aromatic N) is 2. The fourth-order valence-electron chi connectivity index (χ4n) is 3.79. The molecule has 28 heavy (non-hydrogen) atoms. The van der Waals surface area contributed by atoms with Crippen LogP contribution in [0.1, 0.15) is 40.0 Å². The van der Waals surface area contributed by atoms with E-state index in [1.807, 2.05) is 42.2 Å². The molecule has 2 amide bonds. The number of fused-ring (bicyclic) bond motifs is 1. The maximum absolute atomic E-state index is 13.4. The lowest BCUT2D eigenvalue weighted by molar-refractivity contribution is -0.119. The van der Waals surface area contributed by atoms with Gasteiger partial charge in [-0.05, 0) is 55.7 Å². The Balaban J connectivity index is 1.63. The van der Waals surface area contributed by atoms with Gasteiger partial charge in [-0.1, -0.05) is 6.07 Å². The third-order valence-electron chi connectivity index (χ3n) is 5.46. The predicted octanol–water partition coefficient (Wildman–Crippen LogP) is 3.10. The van der Waals surface area contributed by atoms with Crippen molar-refractivity contribution >= 4 is 22.7 Å². The number of rotatable bonds is 5. The van der Waals surface area contributed by atoms with Gasteiger partial charge >= 0.3 is 0 Å². The van der Waals surface area contributed by atoms with Crippen LogP contribution in [0.4, 0.5) is 0 Å². The highest BCUT2D eigenvalue weighted by atomic mass is 16.2. The van der Waals surface area contributed by atoms with Crippen molar-refractivity contribution in [3.63, 3.8) is 0 Å². The van der Waals surface area contributed by atoms with Crippen LogP contribution in [0.25, 0.3) is 10.9 Å². The lowest BCUT2D eigenvalue weighted by Crippen LogP contribution is -2.41. The van der Waals surface area contributed by atoms with Crippen LogP contribution in [0.5, 0.6) is 0 Å². The molecule has 0 unspecified atom stereocenters. The largest absolute Gasteiger partial charge is 0.358 e. The lowest BCUT2D eigenvalue weighted by Gasteiger charge is -2.26. The Kier molecular flexibility index (Phi) is 4.86. The minimum absolute atomic E-state index is 0.00640. The van der Waals surface area contributed by atoms with Gasteiger partial charge in [-0.15, -0.1) is 0 Å². The van der Waals surface area contributed by atoms with E-state index < -0.39 is 0 Å². The Hall–Kier alpha value is -3.15. The molecule has 3 heterocycles. The van der Waals surface area contributed by atoms with E-state index in [1.165, 1.54) is 0 Å².